The number of carbonyl (C=O) groups is 1. The molecule has 2 aliphatic rings. The Morgan fingerprint density at radius 3 is 2.61 bits per heavy atom. The van der Waals surface area contributed by atoms with Crippen molar-refractivity contribution in [1.82, 2.24) is 9.80 Å². The molecule has 0 aromatic carbocycles. The number of nitrogens with zero attached hydrogens (tertiary/aromatic N) is 2. The first-order valence-corrected chi connectivity index (χ1v) is 6.70. The van der Waals surface area contributed by atoms with Crippen LogP contribution >= 0.6 is 0 Å². The fourth-order valence-corrected chi connectivity index (χ4v) is 3.09. The summed E-state index contributed by atoms with van der Waals surface area (Å²) in [6.07, 6.45) is 4.25. The summed E-state index contributed by atoms with van der Waals surface area (Å²) in [6.45, 7) is 6.26. The van der Waals surface area contributed by atoms with Crippen molar-refractivity contribution in [2.45, 2.75) is 37.8 Å². The third-order valence-corrected chi connectivity index (χ3v) is 4.05. The van der Waals surface area contributed by atoms with E-state index in [-0.39, 0.29) is 12.5 Å². The van der Waals surface area contributed by atoms with Crippen molar-refractivity contribution >= 4 is 5.91 Å². The molecule has 0 saturated carbocycles. The standard InChI is InChI=1S/C14H21N2O2/c1-2-4-14(18)15-9-6-12(7-10-15)16-8-3-5-13(16)11-17/h12-13,17H,1,3,5-11H2/q-1. The first-order chi connectivity index (χ1) is 8.76. The second-order valence-electron chi connectivity index (χ2n) is 5.04. The van der Waals surface area contributed by atoms with E-state index in [0.29, 0.717) is 12.1 Å². The molecule has 2 rings (SSSR count). The van der Waals surface area contributed by atoms with Crippen LogP contribution < -0.4 is 0 Å². The summed E-state index contributed by atoms with van der Waals surface area (Å²) in [4.78, 5) is 15.8. The highest BCUT2D eigenvalue weighted by Crippen LogP contribution is 2.25. The molecule has 2 aliphatic heterocycles. The molecule has 2 fully saturated rings. The highest BCUT2D eigenvalue weighted by atomic mass is 16.3. The molecule has 1 amide bonds. The molecule has 1 atom stereocenters. The normalized spacial score (nSPS) is 25.8. The van der Waals surface area contributed by atoms with E-state index in [1.807, 2.05) is 0 Å². The van der Waals surface area contributed by atoms with Crippen molar-refractivity contribution in [3.05, 3.63) is 6.92 Å². The van der Waals surface area contributed by atoms with E-state index >= 15 is 0 Å². The number of hydrogen-bond acceptors (Lipinski definition) is 3. The molecule has 1 N–H and O–H groups in total. The summed E-state index contributed by atoms with van der Waals surface area (Å²) >= 11 is 0. The third-order valence-electron chi connectivity index (χ3n) is 4.05. The van der Waals surface area contributed by atoms with Crippen LogP contribution in [0.25, 0.3) is 0 Å². The number of piperidine rings is 1. The lowest BCUT2D eigenvalue weighted by Crippen LogP contribution is -2.48. The van der Waals surface area contributed by atoms with Gasteiger partial charge in [0.1, 0.15) is 0 Å². The average Bonchev–Trinajstić information content (AvgIpc) is 2.87. The first-order valence-electron chi connectivity index (χ1n) is 6.70. The van der Waals surface area contributed by atoms with Crippen molar-refractivity contribution in [2.75, 3.05) is 26.2 Å². The predicted octanol–water partition coefficient (Wildman–Crippen LogP) is 0.272. The monoisotopic (exact) mass is 249 g/mol. The van der Waals surface area contributed by atoms with Gasteiger partial charge in [-0.15, -0.1) is 0 Å². The van der Waals surface area contributed by atoms with Crippen LogP contribution in [0.5, 0.6) is 0 Å². The zero-order valence-electron chi connectivity index (χ0n) is 10.8. The number of hydrogen-bond donors (Lipinski definition) is 1. The zero-order chi connectivity index (χ0) is 13.0. The van der Waals surface area contributed by atoms with Gasteiger partial charge in [-0.25, -0.2) is 5.92 Å². The zero-order valence-corrected chi connectivity index (χ0v) is 10.8. The van der Waals surface area contributed by atoms with E-state index in [0.717, 1.165) is 38.9 Å². The number of carbonyl (C=O) groups excluding carboxylic acids is 1. The molecule has 0 bridgehead atoms. The first kappa shape index (κ1) is 13.3. The fraction of sp³-hybridized carbons (Fsp3) is 0.714. The lowest BCUT2D eigenvalue weighted by molar-refractivity contribution is -0.126. The Bertz CT molecular complexity index is 351. The van der Waals surface area contributed by atoms with Crippen molar-refractivity contribution < 1.29 is 9.90 Å². The van der Waals surface area contributed by atoms with E-state index in [4.69, 9.17) is 0 Å². The Labute approximate surface area is 109 Å². The minimum Gasteiger partial charge on any atom is -0.395 e. The number of rotatable bonds is 2. The van der Waals surface area contributed by atoms with E-state index in [1.165, 1.54) is 6.42 Å². The van der Waals surface area contributed by atoms with Crippen LogP contribution in [-0.2, 0) is 4.79 Å². The maximum atomic E-state index is 11.6. The quantitative estimate of drug-likeness (QED) is 0.564. The van der Waals surface area contributed by atoms with Crippen LogP contribution in [0, 0.1) is 18.8 Å². The molecule has 4 heteroatoms. The van der Waals surface area contributed by atoms with Crippen LogP contribution in [-0.4, -0.2) is 59.1 Å². The SMILES string of the molecule is [CH2-]C#CC(=O)N1CCC(N2CCCC2CO)CC1. The van der Waals surface area contributed by atoms with Crippen molar-refractivity contribution in [3.8, 4) is 11.8 Å². The Balaban J connectivity index is 1.86. The van der Waals surface area contributed by atoms with Gasteiger partial charge < -0.3 is 10.0 Å². The van der Waals surface area contributed by atoms with Gasteiger partial charge in [0.25, 0.3) is 0 Å². The molecular weight excluding hydrogens is 228 g/mol. The maximum Gasteiger partial charge on any atom is 0.199 e. The van der Waals surface area contributed by atoms with E-state index in [2.05, 4.69) is 23.7 Å². The molecule has 0 radical (unpaired) electrons. The predicted molar refractivity (Wildman–Crippen MR) is 69.5 cm³/mol. The minimum atomic E-state index is -0.108. The van der Waals surface area contributed by atoms with Crippen LogP contribution in [0.1, 0.15) is 25.7 Å². The summed E-state index contributed by atoms with van der Waals surface area (Å²) in [5.74, 6) is 4.80. The summed E-state index contributed by atoms with van der Waals surface area (Å²) < 4.78 is 0. The third kappa shape index (κ3) is 2.80. The number of aliphatic hydroxyl groups is 1. The summed E-state index contributed by atoms with van der Waals surface area (Å²) in [5.41, 5.74) is 0. The Morgan fingerprint density at radius 1 is 1.28 bits per heavy atom. The molecule has 2 heterocycles. The van der Waals surface area contributed by atoms with Gasteiger partial charge in [0.15, 0.2) is 5.91 Å². The lowest BCUT2D eigenvalue weighted by Gasteiger charge is -2.39. The van der Waals surface area contributed by atoms with Crippen LogP contribution in [0.3, 0.4) is 0 Å². The highest BCUT2D eigenvalue weighted by molar-refractivity contribution is 5.93. The number of likely N-dealkylation sites (tertiary alicyclic amines) is 2. The van der Waals surface area contributed by atoms with Crippen LogP contribution in [0.2, 0.25) is 0 Å². The minimum absolute atomic E-state index is 0.108. The topological polar surface area (TPSA) is 43.8 Å². The van der Waals surface area contributed by atoms with Gasteiger partial charge >= 0.3 is 0 Å². The van der Waals surface area contributed by atoms with Crippen LogP contribution in [0.4, 0.5) is 0 Å². The summed E-state index contributed by atoms with van der Waals surface area (Å²) in [7, 11) is 0. The summed E-state index contributed by atoms with van der Waals surface area (Å²) in [5, 5.41) is 9.35. The van der Waals surface area contributed by atoms with Crippen molar-refractivity contribution in [2.24, 2.45) is 0 Å². The molecule has 100 valence electrons. The highest BCUT2D eigenvalue weighted by Gasteiger charge is 2.32. The number of amides is 1. The van der Waals surface area contributed by atoms with Gasteiger partial charge in [-0.2, -0.15) is 6.92 Å². The number of aliphatic hydroxyl groups excluding tert-OH is 1. The van der Waals surface area contributed by atoms with Crippen molar-refractivity contribution in [1.29, 1.82) is 0 Å². The largest absolute Gasteiger partial charge is 0.395 e. The van der Waals surface area contributed by atoms with Gasteiger partial charge in [0.05, 0.1) is 6.61 Å². The molecule has 0 aliphatic carbocycles. The summed E-state index contributed by atoms with van der Waals surface area (Å²) in [6, 6.07) is 0.846. The molecule has 18 heavy (non-hydrogen) atoms. The Hall–Kier alpha value is -1.18. The molecule has 0 spiro atoms. The van der Waals surface area contributed by atoms with Gasteiger partial charge in [-0.3, -0.25) is 15.6 Å². The van der Waals surface area contributed by atoms with Crippen molar-refractivity contribution in [3.63, 3.8) is 0 Å². The Kier molecular flexibility index (Phi) is 4.51. The maximum absolute atomic E-state index is 11.6. The second-order valence-corrected chi connectivity index (χ2v) is 5.04. The molecule has 4 nitrogen and oxygen atoms in total. The van der Waals surface area contributed by atoms with Gasteiger partial charge in [0, 0.05) is 25.2 Å². The molecule has 2 saturated heterocycles. The smallest absolute Gasteiger partial charge is 0.199 e. The van der Waals surface area contributed by atoms with E-state index < -0.39 is 0 Å². The molecule has 0 aromatic heterocycles. The molecule has 0 aromatic rings. The lowest BCUT2D eigenvalue weighted by atomic mass is 10.0. The molecular formula is C14H21N2O2-. The average molecular weight is 249 g/mol. The van der Waals surface area contributed by atoms with Gasteiger partial charge in [-0.1, -0.05) is 0 Å². The van der Waals surface area contributed by atoms with E-state index in [1.54, 1.807) is 4.90 Å². The fourth-order valence-electron chi connectivity index (χ4n) is 3.09. The van der Waals surface area contributed by atoms with Crippen LogP contribution in [0.15, 0.2) is 0 Å². The molecule has 1 unspecified atom stereocenters. The van der Waals surface area contributed by atoms with Gasteiger partial charge in [-0.05, 0) is 32.2 Å². The van der Waals surface area contributed by atoms with Gasteiger partial charge in [0.2, 0.25) is 0 Å². The second kappa shape index (κ2) is 6.12. The van der Waals surface area contributed by atoms with E-state index in [9.17, 15) is 9.90 Å². The Morgan fingerprint density at radius 2 is 2.00 bits per heavy atom.